The molecule has 97 heavy (non-hydrogen) atoms. The minimum atomic E-state index is -2.28. The number of carbonyl (C=O) groups excluding carboxylic acids is 2. The number of carbonyl (C=O) groups is 2. The molecule has 0 heterocycles. The maximum Gasteiger partial charge on any atom is 0.305 e. The predicted octanol–water partition coefficient (Wildman–Crippen LogP) is 17.8. The van der Waals surface area contributed by atoms with E-state index in [9.17, 15) is 14.7 Å². The van der Waals surface area contributed by atoms with Gasteiger partial charge in [-0.1, -0.05) is 169 Å². The van der Waals surface area contributed by atoms with Crippen LogP contribution in [0.25, 0.3) is 0 Å². The number of hydrogen-bond donors (Lipinski definition) is 1. The van der Waals surface area contributed by atoms with Crippen LogP contribution in [0, 0.1) is 11.8 Å². The van der Waals surface area contributed by atoms with Gasteiger partial charge in [0.25, 0.3) is 0 Å². The number of esters is 2. The lowest BCUT2D eigenvalue weighted by Crippen LogP contribution is -2.48. The molecule has 0 amide bonds. The topological polar surface area (TPSA) is 174 Å². The molecule has 1 N–H and O–H groups in total. The zero-order valence-electron chi connectivity index (χ0n) is 62.1. The fourth-order valence-corrected chi connectivity index (χ4v) is 12.7. The monoisotopic (exact) mass is 1500 g/mol. The third-order valence-corrected chi connectivity index (χ3v) is 23.7. The molecule has 4 aromatic carbocycles. The molecule has 0 saturated heterocycles. The van der Waals surface area contributed by atoms with Crippen LogP contribution < -0.4 is 9.47 Å². The summed E-state index contributed by atoms with van der Waals surface area (Å²) < 4.78 is 78.1. The predicted molar refractivity (Wildman–Crippen MR) is 397 cm³/mol. The Morgan fingerprint density at radius 1 is 0.536 bits per heavy atom. The number of halogens is 2. The summed E-state index contributed by atoms with van der Waals surface area (Å²) in [5.41, 5.74) is 5.22. The highest BCUT2D eigenvalue weighted by Crippen LogP contribution is 2.42. The van der Waals surface area contributed by atoms with Gasteiger partial charge in [0.1, 0.15) is 37.3 Å². The Labute approximate surface area is 601 Å². The Morgan fingerprint density at radius 2 is 0.938 bits per heavy atom. The number of hydrogen-bond acceptors (Lipinski definition) is 16. The van der Waals surface area contributed by atoms with Crippen LogP contribution in [0.4, 0.5) is 0 Å². The van der Waals surface area contributed by atoms with Crippen LogP contribution in [0.3, 0.4) is 0 Å². The van der Waals surface area contributed by atoms with Crippen molar-refractivity contribution in [3.05, 3.63) is 152 Å². The molecule has 0 spiro atoms. The quantitative estimate of drug-likeness (QED) is 0.0145. The number of aliphatic hydroxyl groups excluding tert-OH is 1. The lowest BCUT2D eigenvalue weighted by atomic mass is 9.76. The van der Waals surface area contributed by atoms with Crippen molar-refractivity contribution in [1.29, 1.82) is 0 Å². The summed E-state index contributed by atoms with van der Waals surface area (Å²) in [6.07, 6.45) is 5.83. The van der Waals surface area contributed by atoms with Crippen molar-refractivity contribution < 1.29 is 76.0 Å². The normalized spacial score (nSPS) is 15.1. The van der Waals surface area contributed by atoms with Gasteiger partial charge < -0.3 is 66.4 Å². The summed E-state index contributed by atoms with van der Waals surface area (Å²) in [7, 11) is 4.32. The molecule has 0 saturated carbocycles. The fraction of sp³-hybridized carbons (Fsp3) is 0.615. The highest BCUT2D eigenvalue weighted by Gasteiger charge is 2.43. The summed E-state index contributed by atoms with van der Waals surface area (Å²) in [4.78, 5) is 25.5. The average molecular weight is 1500 g/mol. The van der Waals surface area contributed by atoms with Crippen molar-refractivity contribution in [3.8, 4) is 11.5 Å². The summed E-state index contributed by atoms with van der Waals surface area (Å²) >= 11 is 7.21. The molecular weight excluding hydrogens is 1380 g/mol. The Kier molecular flexibility index (Phi) is 40.8. The highest BCUT2D eigenvalue weighted by atomic mass is 79.9. The van der Waals surface area contributed by atoms with E-state index in [4.69, 9.17) is 61.3 Å². The summed E-state index contributed by atoms with van der Waals surface area (Å²) in [6.45, 7) is 36.1. The van der Waals surface area contributed by atoms with E-state index in [1.165, 1.54) is 0 Å². The number of ether oxygens (including phenoxy) is 12. The van der Waals surface area contributed by atoms with E-state index >= 15 is 0 Å². The van der Waals surface area contributed by atoms with Crippen molar-refractivity contribution in [2.45, 2.75) is 220 Å². The van der Waals surface area contributed by atoms with Crippen LogP contribution in [-0.2, 0) is 85.4 Å². The van der Waals surface area contributed by atoms with Gasteiger partial charge in [0.2, 0.25) is 0 Å². The molecule has 0 radical (unpaired) electrons. The van der Waals surface area contributed by atoms with E-state index in [1.54, 1.807) is 35.4 Å². The molecular formula is C78H120Br2O16Si. The van der Waals surface area contributed by atoms with Gasteiger partial charge in [-0.15, -0.1) is 0 Å². The van der Waals surface area contributed by atoms with Crippen LogP contribution in [0.15, 0.2) is 129 Å². The molecule has 546 valence electrons. The molecule has 4 aromatic rings. The van der Waals surface area contributed by atoms with Crippen LogP contribution in [-0.4, -0.2) is 144 Å². The Hall–Kier alpha value is -4.32. The lowest BCUT2D eigenvalue weighted by Gasteiger charge is -2.43. The standard InChI is InChI=1S/C42H67BrO8Si.C36H53BrO8/c1-13-32(28-48-30-47-23-22-45-9)24-31(3)38(49-29-33-18-20-36(46-10)21-19-33)26-37(51-52(11,12)41(4,5)6)27-39(50-40(44)14-2)42(7,8)34-16-15-17-35(43)25-34;1-8-27(23-43-25-42-18-17-40-6)19-26(3)33(44-24-28-13-15-32(41-7)16-14-28)21-31(38)22-34(45-35(39)9-2)36(4,5)29-11-10-12-30(37)20-29/h15-21,24-25,32,37-39H,13-14,22-23,26-30H2,1-12H3;10-16,19-20,27,31,33-34,38H,8-9,17-18,21-25H2,1-7H3/b31-24-;26-19-/t32-,37-,38+,39+;27-,31-,33+,34+/m11/s1. The average Bonchev–Trinajstić information content (AvgIpc) is 0.821. The molecule has 0 aromatic heterocycles. The summed E-state index contributed by atoms with van der Waals surface area (Å²) in [6, 6.07) is 32.0. The van der Waals surface area contributed by atoms with Gasteiger partial charge in [0.05, 0.1) is 91.5 Å². The SMILES string of the molecule is CCC(=O)O[C@@H](C[C@@H](C[C@H](OCc1ccc(OC)cc1)/C(C)=C\[C@@H](CC)COCOCCOC)O[Si](C)(C)C(C)(C)C)C(C)(C)c1cccc(Br)c1.CCC(=O)O[C@@H](C[C@H](O)C[C@H](OCc1ccc(OC)cc1)/C(C)=C\[C@@H](CC)COCOCCOC)C(C)(C)c1cccc(Br)c1. The Balaban J connectivity index is 0.000000510. The van der Waals surface area contributed by atoms with Gasteiger partial charge in [-0.3, -0.25) is 9.59 Å². The van der Waals surface area contributed by atoms with E-state index in [1.807, 2.05) is 113 Å². The molecule has 16 nitrogen and oxygen atoms in total. The molecule has 0 aliphatic carbocycles. The van der Waals surface area contributed by atoms with Crippen molar-refractivity contribution in [1.82, 2.24) is 0 Å². The van der Waals surface area contributed by atoms with E-state index in [-0.39, 0.29) is 73.6 Å². The second kappa shape index (κ2) is 45.5. The number of benzene rings is 4. The van der Waals surface area contributed by atoms with Crippen molar-refractivity contribution in [2.24, 2.45) is 11.8 Å². The van der Waals surface area contributed by atoms with E-state index in [0.717, 1.165) is 66.7 Å². The van der Waals surface area contributed by atoms with Crippen LogP contribution in [0.2, 0.25) is 18.1 Å². The van der Waals surface area contributed by atoms with E-state index in [2.05, 4.69) is 125 Å². The first-order valence-corrected chi connectivity index (χ1v) is 38.9. The van der Waals surface area contributed by atoms with Crippen LogP contribution in [0.1, 0.15) is 164 Å². The number of rotatable bonds is 46. The zero-order valence-corrected chi connectivity index (χ0v) is 66.2. The number of methoxy groups -OCH3 is 4. The first-order chi connectivity index (χ1) is 46.0. The van der Waals surface area contributed by atoms with Crippen LogP contribution in [0.5, 0.6) is 11.5 Å². The third kappa shape index (κ3) is 32.0. The summed E-state index contributed by atoms with van der Waals surface area (Å²) in [5, 5.41) is 11.5. The highest BCUT2D eigenvalue weighted by molar-refractivity contribution is 9.10. The molecule has 0 fully saturated rings. The molecule has 0 bridgehead atoms. The molecule has 8 atom stereocenters. The second-order valence-electron chi connectivity index (χ2n) is 27.5. The van der Waals surface area contributed by atoms with Gasteiger partial charge in [-0.25, -0.2) is 0 Å². The summed E-state index contributed by atoms with van der Waals surface area (Å²) in [5.74, 6) is 1.38. The molecule has 0 aliphatic heterocycles. The molecule has 19 heteroatoms. The third-order valence-electron chi connectivity index (χ3n) is 18.2. The Bertz CT molecular complexity index is 2890. The van der Waals surface area contributed by atoms with Gasteiger partial charge in [0.15, 0.2) is 8.32 Å². The smallest absolute Gasteiger partial charge is 0.305 e. The van der Waals surface area contributed by atoms with Gasteiger partial charge in [0, 0.05) is 84.4 Å². The zero-order chi connectivity index (χ0) is 72.2. The minimum Gasteiger partial charge on any atom is -0.497 e. The minimum absolute atomic E-state index is 0.0268. The van der Waals surface area contributed by atoms with E-state index < -0.39 is 37.5 Å². The van der Waals surface area contributed by atoms with Crippen molar-refractivity contribution in [2.75, 3.05) is 81.7 Å². The maximum absolute atomic E-state index is 13.0. The molecule has 0 unspecified atom stereocenters. The van der Waals surface area contributed by atoms with E-state index in [0.29, 0.717) is 78.5 Å². The Morgan fingerprint density at radius 3 is 1.30 bits per heavy atom. The van der Waals surface area contributed by atoms with Gasteiger partial charge in [-0.2, -0.15) is 0 Å². The first kappa shape index (κ1) is 86.9. The lowest BCUT2D eigenvalue weighted by molar-refractivity contribution is -0.155. The fourth-order valence-electron chi connectivity index (χ4n) is 10.5. The van der Waals surface area contributed by atoms with Crippen molar-refractivity contribution in [3.63, 3.8) is 0 Å². The largest absolute Gasteiger partial charge is 0.497 e. The van der Waals surface area contributed by atoms with Gasteiger partial charge in [-0.05, 0) is 127 Å². The van der Waals surface area contributed by atoms with Gasteiger partial charge >= 0.3 is 11.9 Å². The first-order valence-electron chi connectivity index (χ1n) is 34.4. The number of aliphatic hydroxyl groups is 1. The van der Waals surface area contributed by atoms with Crippen molar-refractivity contribution >= 4 is 52.1 Å². The molecule has 4 rings (SSSR count). The molecule has 0 aliphatic rings. The maximum atomic E-state index is 13.0. The van der Waals surface area contributed by atoms with Crippen LogP contribution >= 0.6 is 31.9 Å². The second-order valence-corrected chi connectivity index (χ2v) is 34.0.